The molecule has 2 bridgehead atoms. The Balaban J connectivity index is 1.37. The van der Waals surface area contributed by atoms with Gasteiger partial charge in [-0.05, 0) is 61.5 Å². The summed E-state index contributed by atoms with van der Waals surface area (Å²) in [5.41, 5.74) is 0. The Hall–Kier alpha value is -0.920. The first-order chi connectivity index (χ1) is 10.9. The standard InChI is InChI=1S/C16H22N2O3S2/c17-23(20,21)16-5-4-10(22-16)8-15(19)18-14-7-9-6-13(14)12-3-1-2-11(9)12/h4-5,9,11-14H,1-3,6-8H2,(H,18,19)(H2,17,20,21)/t9-,11-,12+,13+,14-/m1/s1. The molecule has 7 heteroatoms. The molecule has 1 aromatic rings. The average Bonchev–Trinajstić information content (AvgIpc) is 3.18. The van der Waals surface area contributed by atoms with Gasteiger partial charge in [0.05, 0.1) is 6.42 Å². The molecule has 3 N–H and O–H groups in total. The van der Waals surface area contributed by atoms with Crippen LogP contribution >= 0.6 is 11.3 Å². The van der Waals surface area contributed by atoms with E-state index in [0.717, 1.165) is 40.4 Å². The quantitative estimate of drug-likeness (QED) is 0.865. The minimum Gasteiger partial charge on any atom is -0.353 e. The molecule has 3 fully saturated rings. The van der Waals surface area contributed by atoms with E-state index in [0.29, 0.717) is 12.0 Å². The number of sulfonamides is 1. The summed E-state index contributed by atoms with van der Waals surface area (Å²) in [6.07, 6.45) is 6.73. The van der Waals surface area contributed by atoms with Crippen molar-refractivity contribution < 1.29 is 13.2 Å². The molecular formula is C16H22N2O3S2. The molecule has 3 aliphatic rings. The number of hydrogen-bond acceptors (Lipinski definition) is 4. The van der Waals surface area contributed by atoms with E-state index in [-0.39, 0.29) is 16.5 Å². The van der Waals surface area contributed by atoms with Crippen LogP contribution < -0.4 is 10.5 Å². The Morgan fingerprint density at radius 1 is 1.22 bits per heavy atom. The van der Waals surface area contributed by atoms with Crippen LogP contribution in [0.15, 0.2) is 16.3 Å². The fourth-order valence-electron chi connectivity index (χ4n) is 5.26. The summed E-state index contributed by atoms with van der Waals surface area (Å²) in [5, 5.41) is 8.31. The van der Waals surface area contributed by atoms with Crippen molar-refractivity contribution in [1.29, 1.82) is 0 Å². The third-order valence-electron chi connectivity index (χ3n) is 6.03. The molecule has 4 rings (SSSR count). The summed E-state index contributed by atoms with van der Waals surface area (Å²) < 4.78 is 22.7. The average molecular weight is 354 g/mol. The number of amides is 1. The molecular weight excluding hydrogens is 332 g/mol. The minimum atomic E-state index is -3.67. The predicted molar refractivity (Wildman–Crippen MR) is 88.4 cm³/mol. The minimum absolute atomic E-state index is 0.0000775. The SMILES string of the molecule is NS(=O)(=O)c1ccc(CC(=O)N[C@@H]2C[C@H]3C[C@H]2[C@H]2CCC[C@H]32)s1. The van der Waals surface area contributed by atoms with Crippen molar-refractivity contribution in [1.82, 2.24) is 5.32 Å². The second-order valence-electron chi connectivity index (χ2n) is 7.27. The van der Waals surface area contributed by atoms with Crippen LogP contribution in [0.2, 0.25) is 0 Å². The first-order valence-corrected chi connectivity index (χ1v) is 10.7. The van der Waals surface area contributed by atoms with Gasteiger partial charge in [0.25, 0.3) is 0 Å². The molecule has 0 aromatic carbocycles. The zero-order chi connectivity index (χ0) is 16.2. The zero-order valence-corrected chi connectivity index (χ0v) is 14.5. The second kappa shape index (κ2) is 5.57. The highest BCUT2D eigenvalue weighted by Gasteiger charge is 2.53. The van der Waals surface area contributed by atoms with Crippen molar-refractivity contribution in [3.05, 3.63) is 17.0 Å². The Labute approximate surface area is 140 Å². The van der Waals surface area contributed by atoms with Crippen molar-refractivity contribution in [3.63, 3.8) is 0 Å². The van der Waals surface area contributed by atoms with E-state index in [9.17, 15) is 13.2 Å². The summed E-state index contributed by atoms with van der Waals surface area (Å²) in [5.74, 6) is 3.23. The van der Waals surface area contributed by atoms with Gasteiger partial charge in [0.2, 0.25) is 15.9 Å². The third kappa shape index (κ3) is 2.83. The van der Waals surface area contributed by atoms with Crippen molar-refractivity contribution >= 4 is 27.3 Å². The molecule has 0 aliphatic heterocycles. The summed E-state index contributed by atoms with van der Waals surface area (Å²) in [4.78, 5) is 13.1. The molecule has 1 heterocycles. The molecule has 0 radical (unpaired) electrons. The van der Waals surface area contributed by atoms with E-state index in [2.05, 4.69) is 5.32 Å². The van der Waals surface area contributed by atoms with Crippen LogP contribution in [0, 0.1) is 23.7 Å². The van der Waals surface area contributed by atoms with Crippen LogP contribution in [0.5, 0.6) is 0 Å². The van der Waals surface area contributed by atoms with Crippen LogP contribution in [-0.2, 0) is 21.2 Å². The number of carbonyl (C=O) groups is 1. The lowest BCUT2D eigenvalue weighted by Crippen LogP contribution is -2.43. The monoisotopic (exact) mass is 354 g/mol. The van der Waals surface area contributed by atoms with Crippen molar-refractivity contribution in [3.8, 4) is 0 Å². The smallest absolute Gasteiger partial charge is 0.247 e. The molecule has 23 heavy (non-hydrogen) atoms. The summed E-state index contributed by atoms with van der Waals surface area (Å²) in [6.45, 7) is 0. The largest absolute Gasteiger partial charge is 0.353 e. The fourth-order valence-corrected chi connectivity index (χ4v) is 7.03. The number of thiophene rings is 1. The van der Waals surface area contributed by atoms with Gasteiger partial charge in [-0.15, -0.1) is 11.3 Å². The van der Waals surface area contributed by atoms with E-state index in [1.165, 1.54) is 31.7 Å². The summed E-state index contributed by atoms with van der Waals surface area (Å²) in [7, 11) is -3.67. The van der Waals surface area contributed by atoms with Gasteiger partial charge in [0.15, 0.2) is 0 Å². The Morgan fingerprint density at radius 2 is 2.00 bits per heavy atom. The molecule has 0 saturated heterocycles. The Morgan fingerprint density at radius 3 is 2.74 bits per heavy atom. The lowest BCUT2D eigenvalue weighted by Gasteiger charge is -2.32. The summed E-state index contributed by atoms with van der Waals surface area (Å²) >= 11 is 1.08. The third-order valence-corrected chi connectivity index (χ3v) is 8.55. The normalized spacial score (nSPS) is 35.4. The zero-order valence-electron chi connectivity index (χ0n) is 12.9. The van der Waals surface area contributed by atoms with Crippen LogP contribution in [0.4, 0.5) is 0 Å². The number of rotatable bonds is 4. The van der Waals surface area contributed by atoms with Crippen LogP contribution in [0.3, 0.4) is 0 Å². The molecule has 3 aliphatic carbocycles. The van der Waals surface area contributed by atoms with E-state index < -0.39 is 10.0 Å². The highest BCUT2D eigenvalue weighted by atomic mass is 32.2. The molecule has 0 unspecified atom stereocenters. The van der Waals surface area contributed by atoms with Gasteiger partial charge >= 0.3 is 0 Å². The van der Waals surface area contributed by atoms with Gasteiger partial charge in [0.1, 0.15) is 4.21 Å². The van der Waals surface area contributed by atoms with Crippen molar-refractivity contribution in [2.75, 3.05) is 0 Å². The number of carbonyl (C=O) groups excluding carboxylic acids is 1. The number of hydrogen-bond donors (Lipinski definition) is 2. The van der Waals surface area contributed by atoms with Crippen LogP contribution in [0.1, 0.15) is 37.0 Å². The first kappa shape index (κ1) is 15.6. The molecule has 126 valence electrons. The van der Waals surface area contributed by atoms with Crippen LogP contribution in [-0.4, -0.2) is 20.4 Å². The number of primary sulfonamides is 1. The highest BCUT2D eigenvalue weighted by Crippen LogP contribution is 2.58. The summed E-state index contributed by atoms with van der Waals surface area (Å²) in [6, 6.07) is 3.48. The molecule has 5 nitrogen and oxygen atoms in total. The van der Waals surface area contributed by atoms with Crippen molar-refractivity contribution in [2.45, 2.75) is 48.8 Å². The number of fused-ring (bicyclic) bond motifs is 5. The van der Waals surface area contributed by atoms with Gasteiger partial charge < -0.3 is 5.32 Å². The maximum atomic E-state index is 12.3. The topological polar surface area (TPSA) is 89.3 Å². The van der Waals surface area contributed by atoms with Crippen LogP contribution in [0.25, 0.3) is 0 Å². The van der Waals surface area contributed by atoms with Gasteiger partial charge in [-0.3, -0.25) is 4.79 Å². The number of nitrogens with two attached hydrogens (primary N) is 1. The van der Waals surface area contributed by atoms with Gasteiger partial charge in [0, 0.05) is 10.9 Å². The van der Waals surface area contributed by atoms with Gasteiger partial charge in [-0.25, -0.2) is 13.6 Å². The fraction of sp³-hybridized carbons (Fsp3) is 0.688. The molecule has 3 saturated carbocycles. The van der Waals surface area contributed by atoms with E-state index in [4.69, 9.17) is 5.14 Å². The maximum Gasteiger partial charge on any atom is 0.247 e. The Bertz CT molecular complexity index is 727. The molecule has 5 atom stereocenters. The molecule has 1 amide bonds. The van der Waals surface area contributed by atoms with Gasteiger partial charge in [-0.2, -0.15) is 0 Å². The maximum absolute atomic E-state index is 12.3. The van der Waals surface area contributed by atoms with E-state index in [1.807, 2.05) is 0 Å². The highest BCUT2D eigenvalue weighted by molar-refractivity contribution is 7.91. The van der Waals surface area contributed by atoms with E-state index in [1.54, 1.807) is 6.07 Å². The van der Waals surface area contributed by atoms with Crippen molar-refractivity contribution in [2.24, 2.45) is 28.8 Å². The lowest BCUT2D eigenvalue weighted by atomic mass is 9.79. The number of nitrogens with one attached hydrogen (secondary N) is 1. The lowest BCUT2D eigenvalue weighted by molar-refractivity contribution is -0.121. The van der Waals surface area contributed by atoms with E-state index >= 15 is 0 Å². The molecule has 0 spiro atoms. The predicted octanol–water partition coefficient (Wildman–Crippen LogP) is 1.88. The second-order valence-corrected chi connectivity index (χ2v) is 10.2. The first-order valence-electron chi connectivity index (χ1n) is 8.32. The van der Waals surface area contributed by atoms with Gasteiger partial charge in [-0.1, -0.05) is 6.42 Å². The Kier molecular flexibility index (Phi) is 3.77. The molecule has 1 aromatic heterocycles.